The standard InChI is InChI=1S/C17H14Cl2N4S/c1-12-21-22-17(24-11-13-5-3-2-4-6-13)23(12)20-10-14-7-8-15(18)16(19)9-14/h2-10H,11H2,1H3/b20-10+. The predicted molar refractivity (Wildman–Crippen MR) is 100 cm³/mol. The molecule has 0 N–H and O–H groups in total. The molecule has 0 amide bonds. The molecular weight excluding hydrogens is 363 g/mol. The third kappa shape index (κ3) is 4.17. The summed E-state index contributed by atoms with van der Waals surface area (Å²) in [5.74, 6) is 1.53. The number of hydrogen-bond donors (Lipinski definition) is 0. The highest BCUT2D eigenvalue weighted by Gasteiger charge is 2.08. The largest absolute Gasteiger partial charge is 0.212 e. The monoisotopic (exact) mass is 376 g/mol. The van der Waals surface area contributed by atoms with E-state index in [1.54, 1.807) is 34.8 Å². The number of aryl methyl sites for hydroxylation is 1. The van der Waals surface area contributed by atoms with Crippen LogP contribution in [0.15, 0.2) is 58.8 Å². The zero-order valence-electron chi connectivity index (χ0n) is 12.9. The maximum absolute atomic E-state index is 6.03. The van der Waals surface area contributed by atoms with Crippen molar-refractivity contribution in [3.05, 3.63) is 75.5 Å². The van der Waals surface area contributed by atoms with Crippen molar-refractivity contribution in [1.82, 2.24) is 14.9 Å². The fraction of sp³-hybridized carbons (Fsp3) is 0.118. The van der Waals surface area contributed by atoms with Crippen LogP contribution in [0.5, 0.6) is 0 Å². The predicted octanol–water partition coefficient (Wildman–Crippen LogP) is 5.07. The number of hydrogen-bond acceptors (Lipinski definition) is 4. The van der Waals surface area contributed by atoms with Gasteiger partial charge in [-0.1, -0.05) is 71.4 Å². The highest BCUT2D eigenvalue weighted by atomic mass is 35.5. The fourth-order valence-corrected chi connectivity index (χ4v) is 3.20. The van der Waals surface area contributed by atoms with Gasteiger partial charge in [0.15, 0.2) is 5.82 Å². The van der Waals surface area contributed by atoms with Gasteiger partial charge in [-0.3, -0.25) is 0 Å². The summed E-state index contributed by atoms with van der Waals surface area (Å²) in [6.45, 7) is 1.87. The fourth-order valence-electron chi connectivity index (χ4n) is 2.00. The number of rotatable bonds is 5. The van der Waals surface area contributed by atoms with Crippen molar-refractivity contribution in [2.45, 2.75) is 17.8 Å². The molecule has 4 nitrogen and oxygen atoms in total. The van der Waals surface area contributed by atoms with Gasteiger partial charge < -0.3 is 0 Å². The minimum atomic E-state index is 0.500. The summed E-state index contributed by atoms with van der Waals surface area (Å²) >= 11 is 13.5. The third-order valence-electron chi connectivity index (χ3n) is 3.24. The van der Waals surface area contributed by atoms with E-state index < -0.39 is 0 Å². The number of thioether (sulfide) groups is 1. The second-order valence-corrected chi connectivity index (χ2v) is 6.79. The van der Waals surface area contributed by atoms with Crippen molar-refractivity contribution in [2.75, 3.05) is 0 Å². The molecule has 1 heterocycles. The van der Waals surface area contributed by atoms with Crippen LogP contribution in [0.3, 0.4) is 0 Å². The Labute approximate surface area is 154 Å². The van der Waals surface area contributed by atoms with Crippen molar-refractivity contribution >= 4 is 41.2 Å². The highest BCUT2D eigenvalue weighted by molar-refractivity contribution is 7.98. The Hall–Kier alpha value is -1.82. The van der Waals surface area contributed by atoms with E-state index in [1.165, 1.54) is 5.56 Å². The molecule has 0 bridgehead atoms. The van der Waals surface area contributed by atoms with Crippen LogP contribution in [-0.2, 0) is 5.75 Å². The average Bonchev–Trinajstić information content (AvgIpc) is 2.95. The summed E-state index contributed by atoms with van der Waals surface area (Å²) in [6, 6.07) is 15.6. The number of benzene rings is 2. The zero-order chi connectivity index (χ0) is 16.9. The molecule has 7 heteroatoms. The first-order valence-electron chi connectivity index (χ1n) is 7.21. The Morgan fingerprint density at radius 3 is 2.62 bits per heavy atom. The summed E-state index contributed by atoms with van der Waals surface area (Å²) in [6.07, 6.45) is 1.71. The van der Waals surface area contributed by atoms with E-state index in [1.807, 2.05) is 31.2 Å². The van der Waals surface area contributed by atoms with Crippen molar-refractivity contribution in [3.8, 4) is 0 Å². The summed E-state index contributed by atoms with van der Waals surface area (Å²) in [5.41, 5.74) is 2.08. The minimum Gasteiger partial charge on any atom is -0.192 e. The topological polar surface area (TPSA) is 43.1 Å². The van der Waals surface area contributed by atoms with Gasteiger partial charge in [0.25, 0.3) is 0 Å². The summed E-state index contributed by atoms with van der Waals surface area (Å²) in [5, 5.41) is 14.5. The molecule has 24 heavy (non-hydrogen) atoms. The number of aromatic nitrogens is 3. The van der Waals surface area contributed by atoms with Crippen LogP contribution in [0.4, 0.5) is 0 Å². The van der Waals surface area contributed by atoms with E-state index in [2.05, 4.69) is 27.4 Å². The number of nitrogens with zero attached hydrogens (tertiary/aromatic N) is 4. The highest BCUT2D eigenvalue weighted by Crippen LogP contribution is 2.23. The lowest BCUT2D eigenvalue weighted by Gasteiger charge is -2.03. The molecule has 0 unspecified atom stereocenters. The molecule has 3 aromatic rings. The molecule has 0 aliphatic heterocycles. The molecule has 122 valence electrons. The van der Waals surface area contributed by atoms with Crippen LogP contribution >= 0.6 is 35.0 Å². The molecule has 3 rings (SSSR count). The van der Waals surface area contributed by atoms with E-state index in [9.17, 15) is 0 Å². The molecule has 0 aliphatic rings. The molecule has 0 saturated heterocycles. The maximum Gasteiger partial charge on any atom is 0.212 e. The quantitative estimate of drug-likeness (QED) is 0.461. The van der Waals surface area contributed by atoms with Gasteiger partial charge in [0.05, 0.1) is 16.3 Å². The molecule has 2 aromatic carbocycles. The summed E-state index contributed by atoms with van der Waals surface area (Å²) in [4.78, 5) is 0. The van der Waals surface area contributed by atoms with E-state index in [0.29, 0.717) is 10.0 Å². The second kappa shape index (κ2) is 7.83. The maximum atomic E-state index is 6.03. The molecule has 0 aliphatic carbocycles. The summed E-state index contributed by atoms with van der Waals surface area (Å²) < 4.78 is 1.72. The zero-order valence-corrected chi connectivity index (χ0v) is 15.2. The van der Waals surface area contributed by atoms with E-state index in [-0.39, 0.29) is 0 Å². The normalized spacial score (nSPS) is 11.3. The Balaban J connectivity index is 1.77. The van der Waals surface area contributed by atoms with Gasteiger partial charge in [0.2, 0.25) is 5.16 Å². The average molecular weight is 377 g/mol. The third-order valence-corrected chi connectivity index (χ3v) is 4.97. The van der Waals surface area contributed by atoms with Gasteiger partial charge in [-0.15, -0.1) is 10.2 Å². The Morgan fingerprint density at radius 1 is 1.08 bits per heavy atom. The van der Waals surface area contributed by atoms with Gasteiger partial charge in [0.1, 0.15) is 0 Å². The first-order chi connectivity index (χ1) is 11.6. The van der Waals surface area contributed by atoms with Crippen molar-refractivity contribution < 1.29 is 0 Å². The minimum absolute atomic E-state index is 0.500. The lowest BCUT2D eigenvalue weighted by Crippen LogP contribution is -1.96. The van der Waals surface area contributed by atoms with Crippen molar-refractivity contribution in [2.24, 2.45) is 5.10 Å². The first kappa shape index (κ1) is 17.0. The van der Waals surface area contributed by atoms with Crippen LogP contribution in [0.1, 0.15) is 17.0 Å². The molecule has 0 fully saturated rings. The smallest absolute Gasteiger partial charge is 0.192 e. The molecule has 0 spiro atoms. The Bertz CT molecular complexity index is 862. The van der Waals surface area contributed by atoms with Crippen LogP contribution in [-0.4, -0.2) is 21.1 Å². The molecular formula is C17H14Cl2N4S. The van der Waals surface area contributed by atoms with Gasteiger partial charge in [0, 0.05) is 5.75 Å². The van der Waals surface area contributed by atoms with Gasteiger partial charge in [-0.05, 0) is 30.2 Å². The van der Waals surface area contributed by atoms with Crippen molar-refractivity contribution in [1.29, 1.82) is 0 Å². The van der Waals surface area contributed by atoms with Gasteiger partial charge >= 0.3 is 0 Å². The molecule has 0 saturated carbocycles. The van der Waals surface area contributed by atoms with Crippen molar-refractivity contribution in [3.63, 3.8) is 0 Å². The number of halogens is 2. The summed E-state index contributed by atoms with van der Waals surface area (Å²) in [7, 11) is 0. The van der Waals surface area contributed by atoms with Gasteiger partial charge in [-0.2, -0.15) is 9.78 Å². The lowest BCUT2D eigenvalue weighted by molar-refractivity contribution is 0.744. The SMILES string of the molecule is Cc1nnc(SCc2ccccc2)n1/N=C/c1ccc(Cl)c(Cl)c1. The molecule has 0 atom stereocenters. The van der Waals surface area contributed by atoms with Crippen LogP contribution in [0.25, 0.3) is 0 Å². The Kier molecular flexibility index (Phi) is 5.56. The second-order valence-electron chi connectivity index (χ2n) is 5.03. The van der Waals surface area contributed by atoms with Crippen LogP contribution in [0.2, 0.25) is 10.0 Å². The van der Waals surface area contributed by atoms with E-state index in [4.69, 9.17) is 23.2 Å². The van der Waals surface area contributed by atoms with Crippen LogP contribution in [0, 0.1) is 6.92 Å². The molecule has 0 radical (unpaired) electrons. The van der Waals surface area contributed by atoms with E-state index in [0.717, 1.165) is 22.3 Å². The molecule has 1 aromatic heterocycles. The first-order valence-corrected chi connectivity index (χ1v) is 8.96. The Morgan fingerprint density at radius 2 is 1.88 bits per heavy atom. The van der Waals surface area contributed by atoms with Crippen LogP contribution < -0.4 is 0 Å². The lowest BCUT2D eigenvalue weighted by atomic mass is 10.2. The van der Waals surface area contributed by atoms with Gasteiger partial charge in [-0.25, -0.2) is 0 Å². The van der Waals surface area contributed by atoms with E-state index >= 15 is 0 Å².